The van der Waals surface area contributed by atoms with Gasteiger partial charge in [0, 0.05) is 24.0 Å². The Bertz CT molecular complexity index is 2950. The number of carbonyl (C=O) groups excluding carboxylic acids is 4. The monoisotopic (exact) mass is 1690 g/mol. The zero-order valence-corrected chi connectivity index (χ0v) is 58.1. The Hall–Kier alpha value is -5.52. The summed E-state index contributed by atoms with van der Waals surface area (Å²) in [6.07, 6.45) is -33.1. The average Bonchev–Trinajstić information content (AvgIpc) is 0.701. The molecule has 0 amide bonds. The van der Waals surface area contributed by atoms with Crippen LogP contribution in [0.3, 0.4) is 0 Å². The van der Waals surface area contributed by atoms with Gasteiger partial charge in [0.05, 0.1) is 36.9 Å². The van der Waals surface area contributed by atoms with Crippen LogP contribution < -0.4 is 0 Å². The van der Waals surface area contributed by atoms with Gasteiger partial charge in [-0.2, -0.15) is 176 Å². The molecule has 10 nitrogen and oxygen atoms in total. The van der Waals surface area contributed by atoms with Crippen molar-refractivity contribution in [2.24, 2.45) is 22.7 Å². The number of rotatable bonds is 34. The summed E-state index contributed by atoms with van der Waals surface area (Å²) in [6.45, 7) is 21.9. The molecule has 0 aromatic heterocycles. The number of hydrogen-bond acceptors (Lipinski definition) is 10. The molecule has 4 unspecified atom stereocenters. The second kappa shape index (κ2) is 35.3. The maximum absolute atomic E-state index is 13.6. The summed E-state index contributed by atoms with van der Waals surface area (Å²) in [4.78, 5) is 45.8. The lowest BCUT2D eigenvalue weighted by Gasteiger charge is -2.42. The molecule has 0 aliphatic heterocycles. The number of alkyl halides is 40. The van der Waals surface area contributed by atoms with Crippen LogP contribution in [-0.2, 0) is 38.1 Å². The van der Waals surface area contributed by atoms with E-state index in [9.17, 15) is 205 Å². The van der Waals surface area contributed by atoms with Gasteiger partial charge in [-0.15, -0.1) is 0 Å². The van der Waals surface area contributed by atoms with Crippen LogP contribution in [-0.4, -0.2) is 178 Å². The van der Waals surface area contributed by atoms with Crippen LogP contribution in [0.15, 0.2) is 24.3 Å². The van der Waals surface area contributed by atoms with Gasteiger partial charge in [0.1, 0.15) is 12.2 Å². The van der Waals surface area contributed by atoms with Crippen LogP contribution in [0, 0.1) is 22.7 Å². The Kier molecular flexibility index (Phi) is 35.5. The highest BCUT2D eigenvalue weighted by molar-refractivity contribution is 5.87. The molecule has 644 valence electrons. The largest absolute Gasteiger partial charge is 0.465 e. The van der Waals surface area contributed by atoms with Crippen molar-refractivity contribution in [3.8, 4) is 0 Å². The van der Waals surface area contributed by atoms with Crippen LogP contribution in [0.2, 0.25) is 0 Å². The zero-order chi connectivity index (χ0) is 88.7. The molecule has 0 heterocycles. The van der Waals surface area contributed by atoms with Gasteiger partial charge in [-0.25, -0.2) is 9.59 Å². The van der Waals surface area contributed by atoms with Crippen molar-refractivity contribution in [1.82, 2.24) is 0 Å². The minimum atomic E-state index is -8.67. The minimum absolute atomic E-state index is 0.0342. The molecule has 0 radical (unpaired) electrons. The third-order valence-corrected chi connectivity index (χ3v) is 14.9. The molecule has 0 fully saturated rings. The highest BCUT2D eigenvalue weighted by Gasteiger charge is 2.97. The fourth-order valence-corrected chi connectivity index (χ4v) is 6.94. The lowest BCUT2D eigenvalue weighted by Crippen LogP contribution is -2.74. The van der Waals surface area contributed by atoms with Crippen molar-refractivity contribution in [2.75, 3.05) is 13.2 Å². The predicted molar refractivity (Wildman–Crippen MR) is 292 cm³/mol. The van der Waals surface area contributed by atoms with Crippen LogP contribution in [0.1, 0.15) is 148 Å². The number of halogens is 40. The van der Waals surface area contributed by atoms with E-state index in [1.807, 2.05) is 20.8 Å². The average molecular weight is 1690 g/mol. The number of ether oxygens (including phenoxy) is 4. The fourth-order valence-electron chi connectivity index (χ4n) is 6.94. The Morgan fingerprint density at radius 2 is 0.546 bits per heavy atom. The molecule has 0 aromatic rings. The van der Waals surface area contributed by atoms with Crippen molar-refractivity contribution in [3.05, 3.63) is 24.3 Å². The van der Waals surface area contributed by atoms with E-state index >= 15 is 0 Å². The van der Waals surface area contributed by atoms with E-state index in [2.05, 4.69) is 22.6 Å². The molecule has 0 aliphatic rings. The molecule has 108 heavy (non-hydrogen) atoms. The Morgan fingerprint density at radius 1 is 0.324 bits per heavy atom. The maximum atomic E-state index is 13.6. The molecular formula is C58H72F40O10. The Morgan fingerprint density at radius 3 is 0.769 bits per heavy atom. The van der Waals surface area contributed by atoms with Gasteiger partial charge in [0.25, 0.3) is 0 Å². The van der Waals surface area contributed by atoms with E-state index in [-0.39, 0.29) is 36.7 Å². The summed E-state index contributed by atoms with van der Waals surface area (Å²) < 4.78 is 538. The molecule has 0 saturated heterocycles. The second-order valence-corrected chi connectivity index (χ2v) is 26.4. The number of aliphatic hydroxyl groups is 2. The molecule has 0 aliphatic carbocycles. The molecule has 2 N–H and O–H groups in total. The molecule has 0 aromatic carbocycles. The van der Waals surface area contributed by atoms with E-state index in [1.165, 1.54) is 13.8 Å². The third-order valence-electron chi connectivity index (χ3n) is 14.9. The van der Waals surface area contributed by atoms with E-state index < -0.39 is 210 Å². The summed E-state index contributed by atoms with van der Waals surface area (Å²) in [5, 5.41) is 19.0. The van der Waals surface area contributed by atoms with Gasteiger partial charge in [-0.05, 0) is 92.9 Å². The summed E-state index contributed by atoms with van der Waals surface area (Å²) in [5.41, 5.74) is -8.45. The first kappa shape index (κ1) is 109. The van der Waals surface area contributed by atoms with Gasteiger partial charge in [0.15, 0.2) is 11.2 Å². The second-order valence-electron chi connectivity index (χ2n) is 26.4. The van der Waals surface area contributed by atoms with Gasteiger partial charge in [-0.3, -0.25) is 9.59 Å². The molecule has 0 spiro atoms. The summed E-state index contributed by atoms with van der Waals surface area (Å²) in [6, 6.07) is 0. The van der Waals surface area contributed by atoms with Crippen LogP contribution >= 0.6 is 0 Å². The zero-order valence-electron chi connectivity index (χ0n) is 58.1. The van der Waals surface area contributed by atoms with Crippen molar-refractivity contribution >= 4 is 23.9 Å². The molecule has 50 heteroatoms. The Balaban J connectivity index is -0.000000689. The van der Waals surface area contributed by atoms with E-state index in [0.717, 1.165) is 20.8 Å². The van der Waals surface area contributed by atoms with E-state index in [1.54, 1.807) is 27.7 Å². The van der Waals surface area contributed by atoms with E-state index in [0.29, 0.717) is 20.3 Å². The molecule has 0 saturated carbocycles. The predicted octanol–water partition coefficient (Wildman–Crippen LogP) is 21.2. The highest BCUT2D eigenvalue weighted by atomic mass is 19.5. The third kappa shape index (κ3) is 23.8. The van der Waals surface area contributed by atoms with Crippen molar-refractivity contribution < 1.29 is 224 Å². The molecular weight excluding hydrogens is 1620 g/mol. The first-order valence-corrected chi connectivity index (χ1v) is 29.7. The highest BCUT2D eigenvalue weighted by Crippen LogP contribution is 2.66. The molecule has 0 bridgehead atoms. The number of hydrogen-bond donors (Lipinski definition) is 2. The topological polar surface area (TPSA) is 146 Å². The number of carbonyl (C=O) groups is 4. The normalized spacial score (nSPS) is 16.2. The smallest absolute Gasteiger partial charge is 0.460 e. The van der Waals surface area contributed by atoms with Gasteiger partial charge >= 0.3 is 131 Å². The summed E-state index contributed by atoms with van der Waals surface area (Å²) in [7, 11) is 0. The maximum Gasteiger partial charge on any atom is 0.460 e. The summed E-state index contributed by atoms with van der Waals surface area (Å²) in [5.74, 6) is -118. The standard InChI is InChI=1S/C16H15F17O2.C15H27F3O3.C14H9F17O2.C13H21F3O3/c1-4-8(2,3)7(34)35-6-5-9(17,18)10(19,20)11(21,22)12(23,24)13(25,26)14(27,28)15(29,30)16(31,32)33;1-7-13(4,5)12(19)21-11(8-10(2)3)9-14(6,20)15(16,17)18;1-5(2)6(32)33-4-3-7(15,16)8(17,18)9(19,20)10(21,22)11(23,24)12(25,26)13(27,28)14(29,30)31;1-8(2)6-10(19-11(17)9(3)4)7-12(5,18)13(14,15)16/h4-6H2,1-3H3;10-11,20H,7-9H2,1-6H3;1,3-4H2,2H3;8,10,18H,3,6-7H2,1-2,4-5H3. The first-order chi connectivity index (χ1) is 46.6. The first-order valence-electron chi connectivity index (χ1n) is 29.7. The van der Waals surface area contributed by atoms with Crippen molar-refractivity contribution in [3.63, 3.8) is 0 Å². The van der Waals surface area contributed by atoms with Gasteiger partial charge < -0.3 is 29.2 Å². The SMILES string of the molecule is C=C(C)C(=O)OC(CC(C)C)CC(C)(O)C(F)(F)F.C=C(C)C(=O)OCCC(F)(F)C(F)(F)C(F)(F)C(F)(F)C(F)(F)C(F)(F)C(F)(F)C(F)(F)F.CCC(C)(C)C(=O)OC(CC(C)C)CC(C)(O)C(F)(F)F.CCC(C)(C)C(=O)OCCC(F)(F)C(F)(F)C(F)(F)C(F)(F)C(F)(F)C(F)(F)C(F)(F)C(F)(F)F. The van der Waals surface area contributed by atoms with Crippen molar-refractivity contribution in [2.45, 2.75) is 279 Å². The molecule has 4 atom stereocenters. The molecule has 0 rings (SSSR count). The van der Waals surface area contributed by atoms with Crippen LogP contribution in [0.25, 0.3) is 0 Å². The van der Waals surface area contributed by atoms with Crippen molar-refractivity contribution in [1.29, 1.82) is 0 Å². The Labute approximate surface area is 586 Å². The number of esters is 4. The fraction of sp³-hybridized carbons (Fsp3) is 0.862. The van der Waals surface area contributed by atoms with E-state index in [4.69, 9.17) is 9.47 Å². The van der Waals surface area contributed by atoms with Crippen LogP contribution in [0.4, 0.5) is 176 Å². The van der Waals surface area contributed by atoms with Gasteiger partial charge in [-0.1, -0.05) is 54.7 Å². The van der Waals surface area contributed by atoms with Gasteiger partial charge in [0.2, 0.25) is 0 Å². The van der Waals surface area contributed by atoms with Crippen LogP contribution in [0.5, 0.6) is 0 Å². The lowest BCUT2D eigenvalue weighted by molar-refractivity contribution is -0.461. The quantitative estimate of drug-likeness (QED) is 0.0276. The lowest BCUT2D eigenvalue weighted by atomic mass is 9.88. The summed E-state index contributed by atoms with van der Waals surface area (Å²) >= 11 is 0. The minimum Gasteiger partial charge on any atom is -0.465 e.